The number of alkyl halides is 3. The van der Waals surface area contributed by atoms with Crippen LogP contribution in [0.3, 0.4) is 0 Å². The first-order chi connectivity index (χ1) is 15.4. The molecule has 10 heteroatoms. The highest BCUT2D eigenvalue weighted by molar-refractivity contribution is 5.75. The van der Waals surface area contributed by atoms with Gasteiger partial charge in [0.1, 0.15) is 17.9 Å². The molecule has 2 N–H and O–H groups in total. The Morgan fingerprint density at radius 1 is 1.12 bits per heavy atom. The van der Waals surface area contributed by atoms with Gasteiger partial charge in [-0.3, -0.25) is 0 Å². The summed E-state index contributed by atoms with van der Waals surface area (Å²) in [5.41, 5.74) is 3.19. The number of hydrogen-bond donors (Lipinski definition) is 2. The molecule has 0 spiro atoms. The SMILES string of the molecule is OC1CCCN(c2ncc(CNc3ccc(OC(F)(F)F)cc3)cc2-c2cncnc2)C1. The van der Waals surface area contributed by atoms with Crippen LogP contribution in [0.4, 0.5) is 24.7 Å². The summed E-state index contributed by atoms with van der Waals surface area (Å²) in [5.74, 6) is 0.486. The molecule has 32 heavy (non-hydrogen) atoms. The van der Waals surface area contributed by atoms with Crippen molar-refractivity contribution in [3.05, 3.63) is 60.8 Å². The maximum atomic E-state index is 12.3. The van der Waals surface area contributed by atoms with Gasteiger partial charge in [0.05, 0.1) is 6.10 Å². The summed E-state index contributed by atoms with van der Waals surface area (Å²) in [5, 5.41) is 13.2. The van der Waals surface area contributed by atoms with E-state index in [4.69, 9.17) is 0 Å². The fraction of sp³-hybridized carbons (Fsp3) is 0.318. The number of halogens is 3. The van der Waals surface area contributed by atoms with E-state index in [-0.39, 0.29) is 5.75 Å². The van der Waals surface area contributed by atoms with Crippen LogP contribution in [-0.4, -0.2) is 45.6 Å². The summed E-state index contributed by atoms with van der Waals surface area (Å²) in [6.07, 6.45) is 3.17. The Labute approximate surface area is 182 Å². The number of benzene rings is 1. The minimum absolute atomic E-state index is 0.274. The molecule has 168 valence electrons. The number of rotatable bonds is 6. The van der Waals surface area contributed by atoms with Crippen molar-refractivity contribution >= 4 is 11.5 Å². The van der Waals surface area contributed by atoms with Crippen molar-refractivity contribution in [2.75, 3.05) is 23.3 Å². The van der Waals surface area contributed by atoms with Crippen molar-refractivity contribution < 1.29 is 23.0 Å². The van der Waals surface area contributed by atoms with E-state index in [1.165, 1.54) is 30.6 Å². The molecule has 4 rings (SSSR count). The molecule has 1 unspecified atom stereocenters. The molecule has 1 fully saturated rings. The van der Waals surface area contributed by atoms with E-state index in [9.17, 15) is 18.3 Å². The Hall–Kier alpha value is -3.40. The highest BCUT2D eigenvalue weighted by Gasteiger charge is 2.31. The molecule has 7 nitrogen and oxygen atoms in total. The van der Waals surface area contributed by atoms with Gasteiger partial charge < -0.3 is 20.1 Å². The van der Waals surface area contributed by atoms with Gasteiger partial charge in [0.25, 0.3) is 0 Å². The summed E-state index contributed by atoms with van der Waals surface area (Å²) < 4.78 is 40.8. The maximum absolute atomic E-state index is 12.3. The lowest BCUT2D eigenvalue weighted by Gasteiger charge is -2.32. The van der Waals surface area contributed by atoms with Crippen LogP contribution in [0.25, 0.3) is 11.1 Å². The van der Waals surface area contributed by atoms with Crippen molar-refractivity contribution in [1.29, 1.82) is 0 Å². The minimum Gasteiger partial charge on any atom is -0.406 e. The van der Waals surface area contributed by atoms with Crippen molar-refractivity contribution in [3.63, 3.8) is 0 Å². The van der Waals surface area contributed by atoms with Crippen molar-refractivity contribution in [2.45, 2.75) is 31.9 Å². The molecule has 1 atom stereocenters. The highest BCUT2D eigenvalue weighted by Crippen LogP contribution is 2.31. The van der Waals surface area contributed by atoms with Crippen LogP contribution in [0.1, 0.15) is 18.4 Å². The number of anilines is 2. The van der Waals surface area contributed by atoms with Gasteiger partial charge in [0, 0.05) is 55.0 Å². The lowest BCUT2D eigenvalue weighted by molar-refractivity contribution is -0.274. The van der Waals surface area contributed by atoms with Gasteiger partial charge in [-0.2, -0.15) is 0 Å². The lowest BCUT2D eigenvalue weighted by Crippen LogP contribution is -2.39. The summed E-state index contributed by atoms with van der Waals surface area (Å²) in [6, 6.07) is 7.53. The average molecular weight is 445 g/mol. The van der Waals surface area contributed by atoms with Gasteiger partial charge in [-0.05, 0) is 48.7 Å². The molecule has 1 aliphatic heterocycles. The number of hydrogen-bond acceptors (Lipinski definition) is 7. The van der Waals surface area contributed by atoms with Gasteiger partial charge in [0.15, 0.2) is 0 Å². The van der Waals surface area contributed by atoms with Gasteiger partial charge in [-0.15, -0.1) is 13.2 Å². The number of β-amino-alcohol motifs (C(OH)–C–C–N with tert-alkyl or cyclic N) is 1. The van der Waals surface area contributed by atoms with Crippen LogP contribution in [-0.2, 0) is 6.54 Å². The topological polar surface area (TPSA) is 83.4 Å². The molecule has 1 saturated heterocycles. The fourth-order valence-electron chi connectivity index (χ4n) is 3.63. The van der Waals surface area contributed by atoms with Crippen LogP contribution >= 0.6 is 0 Å². The molecule has 2 aromatic heterocycles. The first kappa shape index (κ1) is 21.8. The van der Waals surface area contributed by atoms with Crippen LogP contribution in [0.5, 0.6) is 5.75 Å². The number of aliphatic hydroxyl groups excluding tert-OH is 1. The standard InChI is InChI=1S/C22H22F3N5O2/c23-22(24,25)32-19-5-3-17(4-6-19)28-9-15-8-20(16-11-26-14-27-12-16)21(29-10-15)30-7-1-2-18(31)13-30/h3-6,8,10-12,14,18,28,31H,1-2,7,9,13H2. The maximum Gasteiger partial charge on any atom is 0.573 e. The number of ether oxygens (including phenoxy) is 1. The van der Waals surface area contributed by atoms with E-state index in [0.29, 0.717) is 18.8 Å². The number of piperidine rings is 1. The third kappa shape index (κ3) is 5.64. The summed E-state index contributed by atoms with van der Waals surface area (Å²) in [7, 11) is 0. The van der Waals surface area contributed by atoms with Gasteiger partial charge in [-0.1, -0.05) is 0 Å². The second kappa shape index (κ2) is 9.39. The normalized spacial score (nSPS) is 16.6. The Balaban J connectivity index is 1.52. The van der Waals surface area contributed by atoms with E-state index in [2.05, 4.69) is 29.9 Å². The monoisotopic (exact) mass is 445 g/mol. The Morgan fingerprint density at radius 2 is 1.88 bits per heavy atom. The number of aliphatic hydroxyl groups is 1. The third-order valence-corrected chi connectivity index (χ3v) is 5.08. The first-order valence-corrected chi connectivity index (χ1v) is 10.1. The van der Waals surface area contributed by atoms with E-state index in [1.54, 1.807) is 18.6 Å². The number of nitrogens with zero attached hydrogens (tertiary/aromatic N) is 4. The molecular formula is C22H22F3N5O2. The fourth-order valence-corrected chi connectivity index (χ4v) is 3.63. The van der Waals surface area contributed by atoms with Crippen molar-refractivity contribution in [2.24, 2.45) is 0 Å². The third-order valence-electron chi connectivity index (χ3n) is 5.08. The molecule has 1 aromatic carbocycles. The smallest absolute Gasteiger partial charge is 0.406 e. The first-order valence-electron chi connectivity index (χ1n) is 10.1. The summed E-state index contributed by atoms with van der Waals surface area (Å²) in [6.45, 7) is 1.72. The molecular weight excluding hydrogens is 423 g/mol. The molecule has 0 aliphatic carbocycles. The zero-order valence-electron chi connectivity index (χ0n) is 17.1. The second-order valence-corrected chi connectivity index (χ2v) is 7.51. The summed E-state index contributed by atoms with van der Waals surface area (Å²) in [4.78, 5) is 14.9. The molecule has 0 radical (unpaired) electrons. The lowest BCUT2D eigenvalue weighted by atomic mass is 10.0. The summed E-state index contributed by atoms with van der Waals surface area (Å²) >= 11 is 0. The van der Waals surface area contributed by atoms with Crippen LogP contribution in [0, 0.1) is 0 Å². The van der Waals surface area contributed by atoms with Gasteiger partial charge >= 0.3 is 6.36 Å². The van der Waals surface area contributed by atoms with Crippen molar-refractivity contribution in [3.8, 4) is 16.9 Å². The van der Waals surface area contributed by atoms with Crippen LogP contribution < -0.4 is 15.0 Å². The zero-order valence-corrected chi connectivity index (χ0v) is 17.1. The average Bonchev–Trinajstić information content (AvgIpc) is 2.78. The molecule has 1 aliphatic rings. The predicted molar refractivity (Wildman–Crippen MR) is 113 cm³/mol. The number of nitrogens with one attached hydrogen (secondary N) is 1. The van der Waals surface area contributed by atoms with E-state index < -0.39 is 12.5 Å². The predicted octanol–water partition coefficient (Wildman–Crippen LogP) is 4.01. The Kier molecular flexibility index (Phi) is 6.40. The molecule has 0 amide bonds. The van der Waals surface area contributed by atoms with E-state index in [0.717, 1.165) is 41.9 Å². The van der Waals surface area contributed by atoms with E-state index >= 15 is 0 Å². The largest absolute Gasteiger partial charge is 0.573 e. The second-order valence-electron chi connectivity index (χ2n) is 7.51. The Bertz CT molecular complexity index is 1030. The molecule has 3 aromatic rings. The zero-order chi connectivity index (χ0) is 22.6. The highest BCUT2D eigenvalue weighted by atomic mass is 19.4. The van der Waals surface area contributed by atoms with Crippen molar-refractivity contribution in [1.82, 2.24) is 15.0 Å². The number of pyridine rings is 1. The molecule has 0 bridgehead atoms. The number of aromatic nitrogens is 3. The van der Waals surface area contributed by atoms with Gasteiger partial charge in [0.2, 0.25) is 0 Å². The van der Waals surface area contributed by atoms with Gasteiger partial charge in [-0.25, -0.2) is 15.0 Å². The Morgan fingerprint density at radius 3 is 2.56 bits per heavy atom. The van der Waals surface area contributed by atoms with E-state index in [1.807, 2.05) is 6.07 Å². The van der Waals surface area contributed by atoms with Crippen LogP contribution in [0.15, 0.2) is 55.2 Å². The quantitative estimate of drug-likeness (QED) is 0.593. The molecule has 3 heterocycles. The molecule has 0 saturated carbocycles. The minimum atomic E-state index is -4.72. The van der Waals surface area contributed by atoms with Crippen LogP contribution in [0.2, 0.25) is 0 Å².